The molecular weight excluding hydrogens is 1550 g/mol. The molecule has 0 unspecified atom stereocenters. The van der Waals surface area contributed by atoms with Crippen molar-refractivity contribution in [3.05, 3.63) is 200 Å². The molecule has 118 heavy (non-hydrogen) atoms. The monoisotopic (exact) mass is 1660 g/mol. The van der Waals surface area contributed by atoms with Crippen LogP contribution in [0.5, 0.6) is 46.0 Å². The van der Waals surface area contributed by atoms with E-state index >= 15 is 0 Å². The minimum atomic E-state index is -0.936. The zero-order chi connectivity index (χ0) is 84.2. The van der Waals surface area contributed by atoms with Crippen LogP contribution in [0, 0.1) is 24.7 Å². The van der Waals surface area contributed by atoms with E-state index in [0.29, 0.717) is 136 Å². The lowest BCUT2D eigenvalue weighted by Crippen LogP contribution is -2.44. The van der Waals surface area contributed by atoms with Gasteiger partial charge in [0.1, 0.15) is 99.1 Å². The molecule has 0 radical (unpaired) electrons. The van der Waals surface area contributed by atoms with Crippen molar-refractivity contribution in [2.24, 2.45) is 11.5 Å². The third-order valence-electron chi connectivity index (χ3n) is 19.7. The van der Waals surface area contributed by atoms with Crippen LogP contribution in [0.3, 0.4) is 0 Å². The molecule has 12 rings (SSSR count). The summed E-state index contributed by atoms with van der Waals surface area (Å²) in [4.78, 5) is 66.0. The summed E-state index contributed by atoms with van der Waals surface area (Å²) in [6.07, 6.45) is 8.06. The number of nitrogens with two attached hydrogens (primary N) is 2. The summed E-state index contributed by atoms with van der Waals surface area (Å²) in [5.74, 6) is 2.37. The van der Waals surface area contributed by atoms with Crippen LogP contribution in [0.25, 0.3) is 22.3 Å². The summed E-state index contributed by atoms with van der Waals surface area (Å²) in [5, 5.41) is 47.0. The average molecular weight is 1660 g/mol. The van der Waals surface area contributed by atoms with Gasteiger partial charge in [0, 0.05) is 112 Å². The number of likely N-dealkylation sites (tertiary alicyclic amines) is 2. The number of aliphatic hydroxyl groups excluding tert-OH is 2. The lowest BCUT2D eigenvalue weighted by Gasteiger charge is -2.24. The number of hydrogen-bond donors (Lipinski definition) is 10. The van der Waals surface area contributed by atoms with Crippen LogP contribution >= 0.6 is 23.2 Å². The predicted octanol–water partition coefficient (Wildman–Crippen LogP) is 11.8. The van der Waals surface area contributed by atoms with Gasteiger partial charge in [-0.1, -0.05) is 71.7 Å². The first-order valence-corrected chi connectivity index (χ1v) is 40.2. The van der Waals surface area contributed by atoms with E-state index in [1.54, 1.807) is 78.2 Å². The number of aliphatic hydroxyl groups is 2. The van der Waals surface area contributed by atoms with E-state index in [0.717, 1.165) is 91.7 Å². The number of nitrogens with zero attached hydrogens (tertiary/aromatic N) is 4. The van der Waals surface area contributed by atoms with Gasteiger partial charge in [-0.2, -0.15) is 0 Å². The normalized spacial score (nSPS) is 15.6. The van der Waals surface area contributed by atoms with Crippen molar-refractivity contribution in [1.82, 2.24) is 41.0 Å². The summed E-state index contributed by atoms with van der Waals surface area (Å²) in [6.45, 7) is 21.6. The standard InChI is InChI=1S/2C44H53ClN6O8/c2*1-27-30(7-5-8-34(27)29-10-11-37-40(19-29)56-16-15-55-37)26-58-39-20-38(32(18-35(39)45)23-51-14-12-33(52)24-51)57-25-28-17-31(22-48-21-28)41(53)50-36(9-6-13-49-43(46)47)42(54)59-44(2,3)4/h2*5,7-8,10-11,17-22,33,36,52H,6,9,12-16,23-26H2,1-4H3,(H,50,53)(H4,46,47,49)/t2*33-,36-/m00/s1. The molecule has 0 bridgehead atoms. The van der Waals surface area contributed by atoms with E-state index in [9.17, 15) is 29.4 Å². The van der Waals surface area contributed by atoms with Crippen molar-refractivity contribution in [3.8, 4) is 68.2 Å². The van der Waals surface area contributed by atoms with Gasteiger partial charge in [-0.15, -0.1) is 0 Å². The fourth-order valence-corrected chi connectivity index (χ4v) is 14.3. The maximum absolute atomic E-state index is 13.5. The molecule has 6 heterocycles. The Balaban J connectivity index is 0.000000231. The van der Waals surface area contributed by atoms with Gasteiger partial charge >= 0.3 is 11.9 Å². The number of guanidine groups is 2. The van der Waals surface area contributed by atoms with Crippen LogP contribution in [0.15, 0.2) is 134 Å². The van der Waals surface area contributed by atoms with E-state index < -0.39 is 59.2 Å². The highest BCUT2D eigenvalue weighted by Crippen LogP contribution is 2.41. The fraction of sp³-hybridized carbons (Fsp3) is 0.409. The smallest absolute Gasteiger partial charge is 0.329 e. The Labute approximate surface area is 697 Å². The molecule has 30 heteroatoms. The number of amides is 2. The van der Waals surface area contributed by atoms with E-state index in [1.807, 2.05) is 72.8 Å². The zero-order valence-corrected chi connectivity index (χ0v) is 69.4. The van der Waals surface area contributed by atoms with Gasteiger partial charge in [-0.25, -0.2) is 9.59 Å². The number of pyridine rings is 2. The van der Waals surface area contributed by atoms with Crippen molar-refractivity contribution < 1.29 is 76.8 Å². The second kappa shape index (κ2) is 40.8. The van der Waals surface area contributed by atoms with Crippen LogP contribution in [0.4, 0.5) is 0 Å². The summed E-state index contributed by atoms with van der Waals surface area (Å²) < 4.78 is 59.8. The van der Waals surface area contributed by atoms with E-state index in [2.05, 4.69) is 67.0 Å². The molecule has 2 aromatic heterocycles. The highest BCUT2D eigenvalue weighted by atomic mass is 35.5. The van der Waals surface area contributed by atoms with Crippen molar-refractivity contribution in [1.29, 1.82) is 10.8 Å². The van der Waals surface area contributed by atoms with Crippen LogP contribution < -0.4 is 70.6 Å². The molecule has 2 amide bonds. The quantitative estimate of drug-likeness (QED) is 0.00810. The molecule has 0 saturated carbocycles. The van der Waals surface area contributed by atoms with E-state index in [-0.39, 0.29) is 62.3 Å². The minimum Gasteiger partial charge on any atom is -0.488 e. The van der Waals surface area contributed by atoms with Gasteiger partial charge < -0.3 is 90.3 Å². The maximum Gasteiger partial charge on any atom is 0.329 e. The molecule has 0 spiro atoms. The summed E-state index contributed by atoms with van der Waals surface area (Å²) in [7, 11) is 0. The molecule has 12 N–H and O–H groups in total. The lowest BCUT2D eigenvalue weighted by atomic mass is 9.96. The second-order valence-corrected chi connectivity index (χ2v) is 32.2. The molecule has 28 nitrogen and oxygen atoms in total. The summed E-state index contributed by atoms with van der Waals surface area (Å²) >= 11 is 13.7. The number of β-amino-alcohol motifs (C(OH)–C–C–N with tert-alkyl or cyclic N) is 2. The van der Waals surface area contributed by atoms with Crippen LogP contribution in [0.1, 0.15) is 145 Å². The minimum absolute atomic E-state index is 0.0632. The molecule has 0 aliphatic carbocycles. The first kappa shape index (κ1) is 87.7. The molecule has 4 aliphatic rings. The Morgan fingerprint density at radius 1 is 0.517 bits per heavy atom. The van der Waals surface area contributed by atoms with Crippen LogP contribution in [0.2, 0.25) is 10.0 Å². The molecule has 6 aromatic carbocycles. The molecule has 2 saturated heterocycles. The molecule has 2 fully saturated rings. The lowest BCUT2D eigenvalue weighted by molar-refractivity contribution is -0.158. The van der Waals surface area contributed by atoms with Gasteiger partial charge in [-0.3, -0.25) is 40.2 Å². The Kier molecular flexibility index (Phi) is 30.3. The fourth-order valence-electron chi connectivity index (χ4n) is 13.8. The molecule has 8 aromatic rings. The highest BCUT2D eigenvalue weighted by Gasteiger charge is 2.31. The third-order valence-corrected chi connectivity index (χ3v) is 20.3. The number of aromatic nitrogens is 2. The second-order valence-electron chi connectivity index (χ2n) is 31.4. The topological polar surface area (TPSA) is 381 Å². The number of hydrogen-bond acceptors (Lipinski definition) is 22. The number of fused-ring (bicyclic) bond motifs is 2. The number of ether oxygens (including phenoxy) is 10. The number of esters is 2. The highest BCUT2D eigenvalue weighted by molar-refractivity contribution is 6.32. The van der Waals surface area contributed by atoms with E-state index in [1.165, 1.54) is 12.4 Å². The van der Waals surface area contributed by atoms with Gasteiger partial charge in [0.2, 0.25) is 0 Å². The Morgan fingerprint density at radius 3 is 1.28 bits per heavy atom. The zero-order valence-electron chi connectivity index (χ0n) is 67.9. The molecule has 4 atom stereocenters. The number of carbonyl (C=O) groups is 4. The van der Waals surface area contributed by atoms with Crippen molar-refractivity contribution in [2.45, 2.75) is 169 Å². The van der Waals surface area contributed by atoms with Crippen LogP contribution in [-0.2, 0) is 58.6 Å². The predicted molar refractivity (Wildman–Crippen MR) is 448 cm³/mol. The first-order chi connectivity index (χ1) is 56.4. The number of nitrogens with one attached hydrogen (secondary N) is 6. The van der Waals surface area contributed by atoms with Crippen molar-refractivity contribution in [3.63, 3.8) is 0 Å². The molecule has 628 valence electrons. The van der Waals surface area contributed by atoms with Crippen molar-refractivity contribution >= 4 is 58.9 Å². The first-order valence-electron chi connectivity index (χ1n) is 39.5. The average Bonchev–Trinajstić information content (AvgIpc) is 1.04. The number of carbonyl (C=O) groups excluding carboxylic acids is 4. The van der Waals surface area contributed by atoms with E-state index in [4.69, 9.17) is 92.9 Å². The third kappa shape index (κ3) is 25.4. The SMILES string of the molecule is Cc1c(COc2cc(OCc3cncc(C(=O)N[C@@H](CCCNC(=N)N)C(=O)OC(C)(C)C)c3)c(CN3CC[C@H](O)C3)cc2Cl)cccc1-c1ccc2c(c1)OCCO2.Cc1c(COc2cc(OCc3cncc(C(=O)N[C@@H](CCCNC(=N)N)C(=O)OC(C)(C)C)c3)c(CN3CC[C@H](O)C3)cc2Cl)cccc1-c1ccc2c(c1)OCCO2. The van der Waals surface area contributed by atoms with Gasteiger partial charge in [-0.05, 0) is 187 Å². The Bertz CT molecular complexity index is 4590. The molecular formula is C88H106Cl2N12O16. The van der Waals surface area contributed by atoms with Crippen LogP contribution in [-0.4, -0.2) is 167 Å². The Morgan fingerprint density at radius 2 is 0.907 bits per heavy atom. The van der Waals surface area contributed by atoms with Gasteiger partial charge in [0.15, 0.2) is 34.9 Å². The summed E-state index contributed by atoms with van der Waals surface area (Å²) in [6, 6.07) is 32.7. The van der Waals surface area contributed by atoms with Crippen molar-refractivity contribution in [2.75, 3.05) is 65.7 Å². The largest absolute Gasteiger partial charge is 0.488 e. The van der Waals surface area contributed by atoms with Gasteiger partial charge in [0.05, 0.1) is 33.4 Å². The number of halogens is 2. The number of benzene rings is 6. The Hall–Kier alpha value is -11.1. The molecule has 4 aliphatic heterocycles. The summed E-state index contributed by atoms with van der Waals surface area (Å²) in [5.41, 5.74) is 20.8. The number of rotatable bonds is 32. The van der Waals surface area contributed by atoms with Gasteiger partial charge in [0.25, 0.3) is 11.8 Å². The maximum atomic E-state index is 13.5.